The van der Waals surface area contributed by atoms with Gasteiger partial charge in [-0.1, -0.05) is 31.9 Å². The van der Waals surface area contributed by atoms with Gasteiger partial charge in [0, 0.05) is 26.6 Å². The molecule has 1 fully saturated rings. The predicted octanol–water partition coefficient (Wildman–Crippen LogP) is -0.450. The number of methoxy groups -OCH3 is 1. The Kier molecular flexibility index (Phi) is 13.4. The quantitative estimate of drug-likeness (QED) is 0.215. The molecule has 0 spiro atoms. The van der Waals surface area contributed by atoms with Gasteiger partial charge in [-0.15, -0.1) is 0 Å². The summed E-state index contributed by atoms with van der Waals surface area (Å²) >= 11 is 0. The van der Waals surface area contributed by atoms with Gasteiger partial charge in [0.1, 0.15) is 17.8 Å². The summed E-state index contributed by atoms with van der Waals surface area (Å²) in [6.07, 6.45) is 1.78. The Labute approximate surface area is 229 Å². The third kappa shape index (κ3) is 10.6. The minimum absolute atomic E-state index is 0.116. The van der Waals surface area contributed by atoms with Gasteiger partial charge in [0.05, 0.1) is 32.9 Å². The lowest BCUT2D eigenvalue weighted by atomic mass is 10.0. The second kappa shape index (κ2) is 16.5. The van der Waals surface area contributed by atoms with Crippen LogP contribution in [-0.4, -0.2) is 99.4 Å². The van der Waals surface area contributed by atoms with Crippen molar-refractivity contribution in [3.05, 3.63) is 29.8 Å². The summed E-state index contributed by atoms with van der Waals surface area (Å²) in [6, 6.07) is 4.00. The number of rotatable bonds is 15. The maximum absolute atomic E-state index is 13.4. The van der Waals surface area contributed by atoms with Crippen molar-refractivity contribution in [3.63, 3.8) is 0 Å². The van der Waals surface area contributed by atoms with Crippen LogP contribution in [-0.2, 0) is 35.1 Å². The highest BCUT2D eigenvalue weighted by atomic mass is 16.5. The lowest BCUT2D eigenvalue weighted by molar-refractivity contribution is -0.140. The number of nitrogens with zero attached hydrogens (tertiary/aromatic N) is 1. The molecule has 1 heterocycles. The SMILES string of the molecule is CCCC[C@H](NC(=O)[C@H](Cc1ccc(OC)cc1)NC(=O)[C@H](C)NC(=O)CN1CCOCC1)C(=O)C(=O)NC. The number of nitrogens with one attached hydrogen (secondary N) is 4. The average molecular weight is 548 g/mol. The summed E-state index contributed by atoms with van der Waals surface area (Å²) in [7, 11) is 2.89. The van der Waals surface area contributed by atoms with Gasteiger partial charge in [-0.25, -0.2) is 0 Å². The third-order valence-corrected chi connectivity index (χ3v) is 6.40. The fourth-order valence-corrected chi connectivity index (χ4v) is 4.05. The number of ketones is 1. The number of morpholine rings is 1. The summed E-state index contributed by atoms with van der Waals surface area (Å²) < 4.78 is 10.5. The largest absolute Gasteiger partial charge is 0.497 e. The number of likely N-dealkylation sites (N-methyl/N-ethyl adjacent to an activating group) is 1. The molecule has 0 bridgehead atoms. The van der Waals surface area contributed by atoms with E-state index in [4.69, 9.17) is 9.47 Å². The number of hydrogen-bond acceptors (Lipinski definition) is 8. The molecule has 0 aromatic heterocycles. The molecule has 4 amide bonds. The van der Waals surface area contributed by atoms with E-state index in [1.54, 1.807) is 31.4 Å². The van der Waals surface area contributed by atoms with Gasteiger partial charge < -0.3 is 30.7 Å². The van der Waals surface area contributed by atoms with Gasteiger partial charge in [0.15, 0.2) is 0 Å². The Bertz CT molecular complexity index is 979. The van der Waals surface area contributed by atoms with Gasteiger partial charge >= 0.3 is 0 Å². The van der Waals surface area contributed by atoms with Crippen LogP contribution in [0.2, 0.25) is 0 Å². The lowest BCUT2D eigenvalue weighted by Crippen LogP contribution is -2.57. The molecule has 4 N–H and O–H groups in total. The molecule has 0 radical (unpaired) electrons. The third-order valence-electron chi connectivity index (χ3n) is 6.40. The monoisotopic (exact) mass is 547 g/mol. The van der Waals surface area contributed by atoms with Crippen molar-refractivity contribution in [2.75, 3.05) is 47.0 Å². The van der Waals surface area contributed by atoms with Crippen molar-refractivity contribution in [1.82, 2.24) is 26.2 Å². The topological polar surface area (TPSA) is 155 Å². The zero-order chi connectivity index (χ0) is 28.8. The van der Waals surface area contributed by atoms with Gasteiger partial charge in [-0.3, -0.25) is 28.9 Å². The summed E-state index contributed by atoms with van der Waals surface area (Å²) in [5.41, 5.74) is 0.739. The highest BCUT2D eigenvalue weighted by Crippen LogP contribution is 2.13. The predicted molar refractivity (Wildman–Crippen MR) is 144 cm³/mol. The van der Waals surface area contributed by atoms with Crippen LogP contribution in [0.3, 0.4) is 0 Å². The minimum atomic E-state index is -1.06. The highest BCUT2D eigenvalue weighted by molar-refractivity contribution is 6.38. The maximum atomic E-state index is 13.4. The molecule has 0 aliphatic carbocycles. The second-order valence-corrected chi connectivity index (χ2v) is 9.44. The van der Waals surface area contributed by atoms with Crippen LogP contribution < -0.4 is 26.0 Å². The van der Waals surface area contributed by atoms with Gasteiger partial charge in [-0.05, 0) is 31.0 Å². The molecule has 1 aromatic rings. The van der Waals surface area contributed by atoms with Gasteiger partial charge in [0.25, 0.3) is 5.91 Å². The molecule has 12 nitrogen and oxygen atoms in total. The van der Waals surface area contributed by atoms with Crippen molar-refractivity contribution in [3.8, 4) is 5.75 Å². The Morgan fingerprint density at radius 3 is 2.21 bits per heavy atom. The zero-order valence-corrected chi connectivity index (χ0v) is 23.2. The van der Waals surface area contributed by atoms with Gasteiger partial charge in [-0.2, -0.15) is 0 Å². The van der Waals surface area contributed by atoms with Crippen LogP contribution in [0, 0.1) is 0 Å². The Morgan fingerprint density at radius 2 is 1.62 bits per heavy atom. The number of carbonyl (C=O) groups is 5. The molecule has 1 saturated heterocycles. The fourth-order valence-electron chi connectivity index (χ4n) is 4.05. The molecule has 39 heavy (non-hydrogen) atoms. The van der Waals surface area contributed by atoms with E-state index in [0.29, 0.717) is 38.5 Å². The summed E-state index contributed by atoms with van der Waals surface area (Å²) in [5.74, 6) is -2.39. The number of carbonyl (C=O) groups excluding carboxylic acids is 5. The molecule has 2 rings (SSSR count). The van der Waals surface area contributed by atoms with Crippen molar-refractivity contribution >= 4 is 29.4 Å². The number of amides is 4. The molecule has 3 atom stereocenters. The Balaban J connectivity index is 2.13. The van der Waals surface area contributed by atoms with E-state index in [0.717, 1.165) is 12.0 Å². The van der Waals surface area contributed by atoms with Crippen LogP contribution in [0.1, 0.15) is 38.7 Å². The van der Waals surface area contributed by atoms with E-state index in [9.17, 15) is 24.0 Å². The number of ether oxygens (including phenoxy) is 2. The lowest BCUT2D eigenvalue weighted by Gasteiger charge is -2.27. The number of hydrogen-bond donors (Lipinski definition) is 4. The van der Waals surface area contributed by atoms with E-state index >= 15 is 0 Å². The molecular formula is C27H41N5O7. The first-order valence-electron chi connectivity index (χ1n) is 13.3. The average Bonchev–Trinajstić information content (AvgIpc) is 2.94. The number of Topliss-reactive ketones (excluding diaryl/α,β-unsaturated/α-hetero) is 1. The van der Waals surface area contributed by atoms with Crippen LogP contribution >= 0.6 is 0 Å². The first-order chi connectivity index (χ1) is 18.7. The standard InChI is InChI=1S/C27H41N5O7/c1-5-6-7-21(24(34)27(37)28-3)30-26(36)22(16-19-8-10-20(38-4)11-9-19)31-25(35)18(2)29-23(33)17-32-12-14-39-15-13-32/h8-11,18,21-22H,5-7,12-17H2,1-4H3,(H,28,37)(H,29,33)(H,30,36)(H,31,35)/t18-,21-,22-/m0/s1. The van der Waals surface area contributed by atoms with Gasteiger partial charge in [0.2, 0.25) is 23.5 Å². The molecule has 12 heteroatoms. The fraction of sp³-hybridized carbons (Fsp3) is 0.593. The summed E-state index contributed by atoms with van der Waals surface area (Å²) in [5, 5.41) is 10.3. The van der Waals surface area contributed by atoms with Crippen LogP contribution in [0.15, 0.2) is 24.3 Å². The Morgan fingerprint density at radius 1 is 0.974 bits per heavy atom. The summed E-state index contributed by atoms with van der Waals surface area (Å²) in [6.45, 7) is 5.97. The Hall–Kier alpha value is -3.51. The van der Waals surface area contributed by atoms with Crippen molar-refractivity contribution in [1.29, 1.82) is 0 Å². The zero-order valence-electron chi connectivity index (χ0n) is 23.2. The summed E-state index contributed by atoms with van der Waals surface area (Å²) in [4.78, 5) is 65.4. The minimum Gasteiger partial charge on any atom is -0.497 e. The van der Waals surface area contributed by atoms with E-state index in [1.807, 2.05) is 11.8 Å². The molecule has 0 unspecified atom stereocenters. The smallest absolute Gasteiger partial charge is 0.289 e. The molecule has 1 aromatic carbocycles. The van der Waals surface area contributed by atoms with Crippen molar-refractivity contribution in [2.24, 2.45) is 0 Å². The van der Waals surface area contributed by atoms with Crippen molar-refractivity contribution in [2.45, 2.75) is 57.7 Å². The van der Waals surface area contributed by atoms with E-state index in [1.165, 1.54) is 14.0 Å². The molecule has 1 aliphatic rings. The molecular weight excluding hydrogens is 506 g/mol. The maximum Gasteiger partial charge on any atom is 0.289 e. The van der Waals surface area contributed by atoms with Crippen LogP contribution in [0.4, 0.5) is 0 Å². The van der Waals surface area contributed by atoms with E-state index in [2.05, 4.69) is 21.3 Å². The highest BCUT2D eigenvalue weighted by Gasteiger charge is 2.30. The van der Waals surface area contributed by atoms with Crippen LogP contribution in [0.25, 0.3) is 0 Å². The van der Waals surface area contributed by atoms with E-state index in [-0.39, 0.29) is 25.3 Å². The molecule has 1 aliphatic heterocycles. The van der Waals surface area contributed by atoms with E-state index < -0.39 is 41.6 Å². The number of unbranched alkanes of at least 4 members (excludes halogenated alkanes) is 1. The molecule has 216 valence electrons. The normalized spacial score (nSPS) is 15.8. The first kappa shape index (κ1) is 31.7. The second-order valence-electron chi connectivity index (χ2n) is 9.44. The molecule has 0 saturated carbocycles. The number of benzene rings is 1. The van der Waals surface area contributed by atoms with Crippen LogP contribution in [0.5, 0.6) is 5.75 Å². The first-order valence-corrected chi connectivity index (χ1v) is 13.3. The van der Waals surface area contributed by atoms with Crippen molar-refractivity contribution < 1.29 is 33.4 Å².